The molecule has 4 aliphatic rings. The van der Waals surface area contributed by atoms with Crippen LogP contribution in [0.5, 0.6) is 0 Å². The molecular formula is C25H33N5O. The number of benzene rings is 1. The number of nitrogens with two attached hydrogens (primary N) is 1. The summed E-state index contributed by atoms with van der Waals surface area (Å²) in [6, 6.07) is 9.67. The highest BCUT2D eigenvalue weighted by Crippen LogP contribution is 2.49. The van der Waals surface area contributed by atoms with E-state index >= 15 is 0 Å². The van der Waals surface area contributed by atoms with Crippen LogP contribution in [0, 0.1) is 17.2 Å². The maximum absolute atomic E-state index is 13.5. The van der Waals surface area contributed by atoms with Crippen molar-refractivity contribution in [2.45, 2.75) is 88.4 Å². The molecule has 2 aromatic rings. The van der Waals surface area contributed by atoms with Crippen molar-refractivity contribution in [3.8, 4) is 0 Å². The Labute approximate surface area is 183 Å². The second kappa shape index (κ2) is 7.44. The van der Waals surface area contributed by atoms with Crippen LogP contribution in [0.1, 0.15) is 75.9 Å². The molecule has 6 nitrogen and oxygen atoms in total. The van der Waals surface area contributed by atoms with Crippen LogP contribution in [0.15, 0.2) is 29.1 Å². The summed E-state index contributed by atoms with van der Waals surface area (Å²) in [6.45, 7) is 0. The zero-order valence-electron chi connectivity index (χ0n) is 18.2. The van der Waals surface area contributed by atoms with E-state index in [1.54, 1.807) is 0 Å². The van der Waals surface area contributed by atoms with Crippen LogP contribution in [0.3, 0.4) is 0 Å². The van der Waals surface area contributed by atoms with Crippen molar-refractivity contribution in [3.63, 3.8) is 0 Å². The fourth-order valence-corrected chi connectivity index (χ4v) is 7.64. The number of hydrogen-bond acceptors (Lipinski definition) is 4. The average Bonchev–Trinajstić information content (AvgIpc) is 2.98. The van der Waals surface area contributed by atoms with Crippen molar-refractivity contribution in [2.24, 2.45) is 17.6 Å². The van der Waals surface area contributed by atoms with Crippen molar-refractivity contribution in [3.05, 3.63) is 40.3 Å². The minimum absolute atomic E-state index is 0.0962. The van der Waals surface area contributed by atoms with Gasteiger partial charge in [0.1, 0.15) is 5.84 Å². The maximum Gasteiger partial charge on any atom is 0.281 e. The summed E-state index contributed by atoms with van der Waals surface area (Å²) >= 11 is 0. The Bertz CT molecular complexity index is 1070. The fourth-order valence-electron chi connectivity index (χ4n) is 7.64. The smallest absolute Gasteiger partial charge is 0.281 e. The predicted molar refractivity (Wildman–Crippen MR) is 122 cm³/mol. The molecule has 31 heavy (non-hydrogen) atoms. The highest BCUT2D eigenvalue weighted by molar-refractivity contribution is 5.94. The van der Waals surface area contributed by atoms with Gasteiger partial charge in [0.15, 0.2) is 5.69 Å². The summed E-state index contributed by atoms with van der Waals surface area (Å²) in [6.07, 6.45) is 13.1. The second-order valence-corrected chi connectivity index (χ2v) is 10.5. The molecule has 6 heteroatoms. The van der Waals surface area contributed by atoms with Gasteiger partial charge < -0.3 is 10.3 Å². The van der Waals surface area contributed by atoms with Gasteiger partial charge in [-0.15, -0.1) is 0 Å². The van der Waals surface area contributed by atoms with Gasteiger partial charge in [-0.25, -0.2) is 4.98 Å². The lowest BCUT2D eigenvalue weighted by atomic mass is 9.69. The lowest BCUT2D eigenvalue weighted by molar-refractivity contribution is 0.0158. The lowest BCUT2D eigenvalue weighted by Gasteiger charge is -2.48. The van der Waals surface area contributed by atoms with E-state index in [0.717, 1.165) is 35.7 Å². The Kier molecular flexibility index (Phi) is 4.67. The van der Waals surface area contributed by atoms with Crippen LogP contribution in [0.4, 0.5) is 0 Å². The van der Waals surface area contributed by atoms with Gasteiger partial charge in [0.05, 0.1) is 17.1 Å². The van der Waals surface area contributed by atoms with Gasteiger partial charge in [0.2, 0.25) is 0 Å². The average molecular weight is 420 g/mol. The SMILES string of the molecule is N=C(N)c1nc2ccccc2n([C@@H]2C[C@@H]3CCC[C@H]2N3C2CC3CCCC(C3)C2)c1=O. The second-order valence-electron chi connectivity index (χ2n) is 10.5. The highest BCUT2D eigenvalue weighted by Gasteiger charge is 2.49. The molecule has 0 spiro atoms. The molecule has 5 atom stereocenters. The molecule has 4 bridgehead atoms. The largest absolute Gasteiger partial charge is 0.382 e. The summed E-state index contributed by atoms with van der Waals surface area (Å²) in [5.74, 6) is 1.58. The number of nitrogens with one attached hydrogen (secondary N) is 1. The Balaban J connectivity index is 1.42. The summed E-state index contributed by atoms with van der Waals surface area (Å²) in [7, 11) is 0. The molecule has 0 amide bonds. The third-order valence-electron chi connectivity index (χ3n) is 8.71. The number of piperidine rings is 1. The van der Waals surface area contributed by atoms with Crippen molar-refractivity contribution in [1.82, 2.24) is 14.5 Å². The molecule has 2 aliphatic carbocycles. The van der Waals surface area contributed by atoms with E-state index in [9.17, 15) is 4.79 Å². The molecule has 2 unspecified atom stereocenters. The molecule has 2 saturated heterocycles. The molecule has 0 radical (unpaired) electrons. The first kappa shape index (κ1) is 19.5. The van der Waals surface area contributed by atoms with E-state index in [-0.39, 0.29) is 23.1 Å². The number of hydrogen-bond donors (Lipinski definition) is 2. The Morgan fingerprint density at radius 3 is 2.45 bits per heavy atom. The van der Waals surface area contributed by atoms with Gasteiger partial charge in [-0.2, -0.15) is 0 Å². The highest BCUT2D eigenvalue weighted by atomic mass is 16.1. The number of nitrogen functional groups attached to an aromatic ring is 1. The van der Waals surface area contributed by atoms with Crippen LogP contribution < -0.4 is 11.3 Å². The molecule has 3 heterocycles. The standard InChI is InChI=1S/C25H33N5O/c26-24(27)23-25(31)30(20-9-2-1-8-19(20)28-23)22-14-17-7-4-10-21(22)29(17)18-12-15-5-3-6-16(11-15)13-18/h1-2,8-9,15-18,21-22H,3-7,10-14H2,(H3,26,27)/t15?,16?,17-,18?,21+,22+/m0/s1. The van der Waals surface area contributed by atoms with Gasteiger partial charge in [0.25, 0.3) is 5.56 Å². The van der Waals surface area contributed by atoms with Crippen LogP contribution in [0.25, 0.3) is 11.0 Å². The third-order valence-corrected chi connectivity index (χ3v) is 8.71. The van der Waals surface area contributed by atoms with Crippen LogP contribution in [0.2, 0.25) is 0 Å². The van der Waals surface area contributed by atoms with Crippen LogP contribution in [-0.2, 0) is 0 Å². The molecule has 2 saturated carbocycles. The minimum atomic E-state index is -0.234. The first-order valence-corrected chi connectivity index (χ1v) is 12.2. The van der Waals surface area contributed by atoms with E-state index in [0.29, 0.717) is 18.1 Å². The van der Waals surface area contributed by atoms with Gasteiger partial charge in [0, 0.05) is 18.1 Å². The quantitative estimate of drug-likeness (QED) is 0.585. The summed E-state index contributed by atoms with van der Waals surface area (Å²) in [5.41, 5.74) is 7.32. The summed E-state index contributed by atoms with van der Waals surface area (Å²) < 4.78 is 1.96. The normalized spacial score (nSPS) is 35.4. The third kappa shape index (κ3) is 3.13. The van der Waals surface area contributed by atoms with E-state index in [1.165, 1.54) is 51.4 Å². The Morgan fingerprint density at radius 1 is 0.935 bits per heavy atom. The van der Waals surface area contributed by atoms with E-state index in [1.807, 2.05) is 28.8 Å². The molecule has 1 aromatic heterocycles. The zero-order chi connectivity index (χ0) is 21.1. The predicted octanol–water partition coefficient (Wildman–Crippen LogP) is 3.82. The van der Waals surface area contributed by atoms with Gasteiger partial charge in [-0.05, 0) is 62.5 Å². The molecule has 1 aromatic carbocycles. The summed E-state index contributed by atoms with van der Waals surface area (Å²) in [5, 5.41) is 7.93. The van der Waals surface area contributed by atoms with Crippen molar-refractivity contribution in [1.29, 1.82) is 5.41 Å². The fraction of sp³-hybridized carbons (Fsp3) is 0.640. The Morgan fingerprint density at radius 2 is 1.68 bits per heavy atom. The minimum Gasteiger partial charge on any atom is -0.382 e. The number of rotatable bonds is 3. The number of para-hydroxylation sites is 2. The molecular weight excluding hydrogens is 386 g/mol. The maximum atomic E-state index is 13.5. The first-order valence-electron chi connectivity index (χ1n) is 12.2. The van der Waals surface area contributed by atoms with E-state index in [2.05, 4.69) is 9.88 Å². The molecule has 2 aliphatic heterocycles. The van der Waals surface area contributed by atoms with E-state index in [4.69, 9.17) is 11.1 Å². The van der Waals surface area contributed by atoms with Crippen LogP contribution in [-0.4, -0.2) is 38.4 Å². The van der Waals surface area contributed by atoms with Crippen molar-refractivity contribution in [2.75, 3.05) is 0 Å². The Hall–Kier alpha value is -2.21. The summed E-state index contributed by atoms with van der Waals surface area (Å²) in [4.78, 5) is 20.8. The first-order chi connectivity index (χ1) is 15.1. The molecule has 6 rings (SSSR count). The van der Waals surface area contributed by atoms with Crippen molar-refractivity contribution >= 4 is 16.9 Å². The van der Waals surface area contributed by atoms with Gasteiger partial charge in [-0.1, -0.05) is 37.8 Å². The zero-order valence-corrected chi connectivity index (χ0v) is 18.2. The molecule has 4 fully saturated rings. The number of amidine groups is 1. The topological polar surface area (TPSA) is 88.0 Å². The van der Waals surface area contributed by atoms with Crippen LogP contribution >= 0.6 is 0 Å². The number of fused-ring (bicyclic) bond motifs is 5. The lowest BCUT2D eigenvalue weighted by Crippen LogP contribution is -2.51. The molecule has 3 N–H and O–H groups in total. The van der Waals surface area contributed by atoms with Gasteiger partial charge in [-0.3, -0.25) is 15.1 Å². The van der Waals surface area contributed by atoms with E-state index < -0.39 is 0 Å². The number of aromatic nitrogens is 2. The monoisotopic (exact) mass is 419 g/mol. The van der Waals surface area contributed by atoms with Crippen molar-refractivity contribution < 1.29 is 0 Å². The van der Waals surface area contributed by atoms with Gasteiger partial charge >= 0.3 is 0 Å². The number of nitrogens with zero attached hydrogens (tertiary/aromatic N) is 3. The molecule has 164 valence electrons.